The van der Waals surface area contributed by atoms with E-state index in [1.165, 1.54) is 50.6 Å². The van der Waals surface area contributed by atoms with Crippen LogP contribution in [-0.4, -0.2) is 15.1 Å². The summed E-state index contributed by atoms with van der Waals surface area (Å²) in [6, 6.07) is 2.74. The van der Waals surface area contributed by atoms with Gasteiger partial charge in [0.15, 0.2) is 9.04 Å². The van der Waals surface area contributed by atoms with Gasteiger partial charge in [0.25, 0.3) is 0 Å². The molecule has 19 heavy (non-hydrogen) atoms. The Kier molecular flexibility index (Phi) is 6.15. The zero-order valence-electron chi connectivity index (χ0n) is 13.1. The van der Waals surface area contributed by atoms with Crippen molar-refractivity contribution in [2.75, 3.05) is 0 Å². The summed E-state index contributed by atoms with van der Waals surface area (Å²) >= 11 is 0. The van der Waals surface area contributed by atoms with Crippen molar-refractivity contribution in [3.8, 4) is 0 Å². The van der Waals surface area contributed by atoms with E-state index < -0.39 is 9.04 Å². The normalized spacial score (nSPS) is 30.4. The topological polar surface area (TPSA) is 9.23 Å². The monoisotopic (exact) mass is 280 g/mol. The number of hydrogen-bond donors (Lipinski definition) is 0. The number of allylic oxidation sites excluding steroid dienone is 2. The number of rotatable bonds is 9. The van der Waals surface area contributed by atoms with E-state index in [4.69, 9.17) is 4.43 Å². The van der Waals surface area contributed by atoms with Gasteiger partial charge in [0.2, 0.25) is 0 Å². The van der Waals surface area contributed by atoms with Crippen LogP contribution in [0.25, 0.3) is 0 Å². The molecule has 0 radical (unpaired) electrons. The molecule has 0 spiro atoms. The molecule has 2 bridgehead atoms. The van der Waals surface area contributed by atoms with Gasteiger partial charge in [0.05, 0.1) is 0 Å². The van der Waals surface area contributed by atoms with Crippen molar-refractivity contribution in [2.45, 2.75) is 77.5 Å². The predicted octanol–water partition coefficient (Wildman–Crippen LogP) is 4.93. The molecule has 0 aromatic rings. The molecule has 0 amide bonds. The molecule has 2 aliphatic rings. The van der Waals surface area contributed by atoms with Crippen molar-refractivity contribution in [1.29, 1.82) is 0 Å². The molecule has 0 aliphatic heterocycles. The van der Waals surface area contributed by atoms with Crippen molar-refractivity contribution >= 4 is 9.04 Å². The highest BCUT2D eigenvalue weighted by molar-refractivity contribution is 6.51. The van der Waals surface area contributed by atoms with Gasteiger partial charge in [-0.05, 0) is 62.4 Å². The minimum absolute atomic E-state index is 0.512. The van der Waals surface area contributed by atoms with Crippen LogP contribution in [-0.2, 0) is 4.43 Å². The van der Waals surface area contributed by atoms with Gasteiger partial charge in [-0.1, -0.05) is 38.8 Å². The summed E-state index contributed by atoms with van der Waals surface area (Å²) in [5, 5.41) is 0. The van der Waals surface area contributed by atoms with Crippen LogP contribution in [0.1, 0.15) is 59.3 Å². The van der Waals surface area contributed by atoms with E-state index in [1.54, 1.807) is 0 Å². The molecule has 0 saturated heterocycles. The first-order chi connectivity index (χ1) is 9.22. The fraction of sp³-hybridized carbons (Fsp3) is 0.882. The summed E-state index contributed by atoms with van der Waals surface area (Å²) in [5.74, 6) is 2.81. The van der Waals surface area contributed by atoms with Gasteiger partial charge in [-0.15, -0.1) is 0 Å². The Morgan fingerprint density at radius 3 is 2.42 bits per heavy atom. The second kappa shape index (κ2) is 7.63. The molecule has 4 atom stereocenters. The maximum atomic E-state index is 6.39. The lowest BCUT2D eigenvalue weighted by atomic mass is 9.89. The first-order valence-electron chi connectivity index (χ1n) is 8.56. The largest absolute Gasteiger partial charge is 0.417 e. The Labute approximate surface area is 121 Å². The predicted molar refractivity (Wildman–Crippen MR) is 86.0 cm³/mol. The number of fused-ring (bicyclic) bond motifs is 2. The molecular formula is C17H32OSi. The van der Waals surface area contributed by atoms with E-state index in [-0.39, 0.29) is 0 Å². The Hall–Kier alpha value is -0.0831. The van der Waals surface area contributed by atoms with E-state index in [0.717, 1.165) is 17.8 Å². The van der Waals surface area contributed by atoms with E-state index in [2.05, 4.69) is 32.9 Å². The highest BCUT2D eigenvalue weighted by atomic mass is 28.3. The van der Waals surface area contributed by atoms with Crippen LogP contribution < -0.4 is 0 Å². The summed E-state index contributed by atoms with van der Waals surface area (Å²) in [4.78, 5) is 0. The minimum Gasteiger partial charge on any atom is -0.417 e. The van der Waals surface area contributed by atoms with Crippen molar-refractivity contribution in [2.24, 2.45) is 17.8 Å². The van der Waals surface area contributed by atoms with Gasteiger partial charge in [-0.25, -0.2) is 0 Å². The van der Waals surface area contributed by atoms with Gasteiger partial charge in [0, 0.05) is 6.10 Å². The van der Waals surface area contributed by atoms with Crippen molar-refractivity contribution in [3.63, 3.8) is 0 Å². The third kappa shape index (κ3) is 4.46. The number of hydrogen-bond acceptors (Lipinski definition) is 1. The van der Waals surface area contributed by atoms with Crippen LogP contribution in [0.3, 0.4) is 0 Å². The van der Waals surface area contributed by atoms with Gasteiger partial charge in [-0.2, -0.15) is 0 Å². The summed E-state index contributed by atoms with van der Waals surface area (Å²) in [6.07, 6.45) is 13.6. The van der Waals surface area contributed by atoms with E-state index >= 15 is 0 Å². The standard InChI is InChI=1S/C17H32OSi/c1-4-10-19(11-5-2)18-14(3)6-8-16-12-15-7-9-17(16)13-15/h7,9,14-17,19H,4-6,8,10-13H2,1-3H3. The fourth-order valence-corrected chi connectivity index (χ4v) is 6.64. The molecule has 0 N–H and O–H groups in total. The maximum absolute atomic E-state index is 6.39. The van der Waals surface area contributed by atoms with Gasteiger partial charge >= 0.3 is 0 Å². The molecule has 1 saturated carbocycles. The Morgan fingerprint density at radius 2 is 1.89 bits per heavy atom. The van der Waals surface area contributed by atoms with E-state index in [0.29, 0.717) is 6.10 Å². The molecule has 110 valence electrons. The van der Waals surface area contributed by atoms with E-state index in [9.17, 15) is 0 Å². The summed E-state index contributed by atoms with van der Waals surface area (Å²) in [5.41, 5.74) is 0. The lowest BCUT2D eigenvalue weighted by Crippen LogP contribution is -2.24. The highest BCUT2D eigenvalue weighted by Gasteiger charge is 2.35. The van der Waals surface area contributed by atoms with Crippen LogP contribution in [0.4, 0.5) is 0 Å². The Bertz CT molecular complexity index is 283. The van der Waals surface area contributed by atoms with Crippen molar-refractivity contribution in [3.05, 3.63) is 12.2 Å². The molecular weight excluding hydrogens is 248 g/mol. The van der Waals surface area contributed by atoms with Gasteiger partial charge < -0.3 is 4.43 Å². The van der Waals surface area contributed by atoms with Crippen LogP contribution in [0, 0.1) is 17.8 Å². The second-order valence-electron chi connectivity index (χ2n) is 6.76. The molecule has 1 fully saturated rings. The van der Waals surface area contributed by atoms with E-state index in [1.807, 2.05) is 0 Å². The zero-order chi connectivity index (χ0) is 13.7. The Morgan fingerprint density at radius 1 is 1.16 bits per heavy atom. The van der Waals surface area contributed by atoms with Gasteiger partial charge in [0.1, 0.15) is 0 Å². The summed E-state index contributed by atoms with van der Waals surface area (Å²) in [7, 11) is -0.885. The highest BCUT2D eigenvalue weighted by Crippen LogP contribution is 2.45. The minimum atomic E-state index is -0.885. The van der Waals surface area contributed by atoms with Crippen LogP contribution in [0.2, 0.25) is 12.1 Å². The summed E-state index contributed by atoms with van der Waals surface area (Å²) in [6.45, 7) is 6.91. The fourth-order valence-electron chi connectivity index (χ4n) is 4.00. The molecule has 0 heterocycles. The molecule has 2 rings (SSSR count). The van der Waals surface area contributed by atoms with Gasteiger partial charge in [-0.3, -0.25) is 0 Å². The Balaban J connectivity index is 1.66. The maximum Gasteiger partial charge on any atom is 0.177 e. The van der Waals surface area contributed by atoms with Crippen molar-refractivity contribution < 1.29 is 4.43 Å². The lowest BCUT2D eigenvalue weighted by Gasteiger charge is -2.24. The third-order valence-electron chi connectivity index (χ3n) is 5.01. The molecule has 0 aromatic heterocycles. The SMILES string of the molecule is CCC[SiH](CCC)OC(C)CCC1CC2C=CC1C2. The smallest absolute Gasteiger partial charge is 0.177 e. The molecule has 0 aromatic carbocycles. The van der Waals surface area contributed by atoms with Crippen LogP contribution >= 0.6 is 0 Å². The van der Waals surface area contributed by atoms with Crippen LogP contribution in [0.15, 0.2) is 12.2 Å². The lowest BCUT2D eigenvalue weighted by molar-refractivity contribution is 0.192. The molecule has 2 aliphatic carbocycles. The van der Waals surface area contributed by atoms with Crippen LogP contribution in [0.5, 0.6) is 0 Å². The first-order valence-corrected chi connectivity index (χ1v) is 10.7. The second-order valence-corrected chi connectivity index (χ2v) is 9.43. The average Bonchev–Trinajstić information content (AvgIpc) is 2.99. The van der Waals surface area contributed by atoms with Crippen molar-refractivity contribution in [1.82, 2.24) is 0 Å². The first kappa shape index (κ1) is 15.3. The third-order valence-corrected chi connectivity index (χ3v) is 8.30. The summed E-state index contributed by atoms with van der Waals surface area (Å²) < 4.78 is 6.39. The quantitative estimate of drug-likeness (QED) is 0.430. The zero-order valence-corrected chi connectivity index (χ0v) is 14.3. The molecule has 4 unspecified atom stereocenters. The average molecular weight is 281 g/mol. The molecule has 2 heteroatoms. The molecule has 1 nitrogen and oxygen atoms in total.